The molecule has 0 rings (SSSR count). The average molecular weight is 184 g/mol. The van der Waals surface area contributed by atoms with Crippen LogP contribution in [0.15, 0.2) is 0 Å². The minimum absolute atomic E-state index is 0.301. The van der Waals surface area contributed by atoms with Gasteiger partial charge in [-0.15, -0.1) is 0 Å². The summed E-state index contributed by atoms with van der Waals surface area (Å²) < 4.78 is 5.35. The lowest BCUT2D eigenvalue weighted by Crippen LogP contribution is -2.48. The highest BCUT2D eigenvalue weighted by Gasteiger charge is 2.24. The maximum atomic E-state index is 8.94. The fourth-order valence-electron chi connectivity index (χ4n) is 1.16. The summed E-state index contributed by atoms with van der Waals surface area (Å²) in [7, 11) is 0. The van der Waals surface area contributed by atoms with Crippen molar-refractivity contribution in [3.05, 3.63) is 0 Å². The summed E-state index contributed by atoms with van der Waals surface area (Å²) in [6, 6.07) is 2.53. The fourth-order valence-corrected chi connectivity index (χ4v) is 1.16. The average Bonchev–Trinajstić information content (AvgIpc) is 2.04. The van der Waals surface area contributed by atoms with Crippen LogP contribution in [0.5, 0.6) is 0 Å². The van der Waals surface area contributed by atoms with Crippen molar-refractivity contribution < 1.29 is 4.74 Å². The number of nitriles is 1. The largest absolute Gasteiger partial charge is 0.378 e. The Morgan fingerprint density at radius 2 is 2.15 bits per heavy atom. The van der Waals surface area contributed by atoms with Crippen LogP contribution in [0, 0.1) is 11.3 Å². The molecule has 13 heavy (non-hydrogen) atoms. The summed E-state index contributed by atoms with van der Waals surface area (Å²) in [5, 5.41) is 12.1. The summed E-state index contributed by atoms with van der Waals surface area (Å²) in [5.41, 5.74) is -0.552. The first-order chi connectivity index (χ1) is 6.04. The Hall–Kier alpha value is -0.590. The fraction of sp³-hybridized carbons (Fsp3) is 0.900. The summed E-state index contributed by atoms with van der Waals surface area (Å²) in [4.78, 5) is 0. The van der Waals surface area contributed by atoms with Crippen molar-refractivity contribution in [3.63, 3.8) is 0 Å². The molecular formula is C10H20N2O. The molecule has 0 saturated heterocycles. The normalized spacial score (nSPS) is 15.4. The quantitative estimate of drug-likeness (QED) is 0.639. The molecule has 3 nitrogen and oxygen atoms in total. The Labute approximate surface area is 81.1 Å². The molecule has 0 amide bonds. The Morgan fingerprint density at radius 1 is 1.54 bits per heavy atom. The molecule has 0 radical (unpaired) electrons. The third-order valence-corrected chi connectivity index (χ3v) is 1.59. The molecule has 0 aromatic heterocycles. The third kappa shape index (κ3) is 5.62. The second-order valence-corrected chi connectivity index (χ2v) is 3.80. The number of nitrogens with one attached hydrogen (secondary N) is 1. The van der Waals surface area contributed by atoms with Gasteiger partial charge in [0.15, 0.2) is 0 Å². The highest BCUT2D eigenvalue weighted by Crippen LogP contribution is 2.04. The molecule has 1 N–H and O–H groups in total. The first kappa shape index (κ1) is 12.4. The van der Waals surface area contributed by atoms with Crippen LogP contribution < -0.4 is 5.32 Å². The number of hydrogen-bond acceptors (Lipinski definition) is 3. The number of nitrogens with zero attached hydrogens (tertiary/aromatic N) is 1. The first-order valence-corrected chi connectivity index (χ1v) is 4.80. The topological polar surface area (TPSA) is 45.0 Å². The standard InChI is InChI=1S/C10H20N2O/c1-5-6-13-8-10(4,7-11)12-9(2)3/h9,12H,5-6,8H2,1-4H3. The van der Waals surface area contributed by atoms with Gasteiger partial charge in [0.25, 0.3) is 0 Å². The molecule has 1 atom stereocenters. The summed E-state index contributed by atoms with van der Waals surface area (Å²) >= 11 is 0. The number of ether oxygens (including phenoxy) is 1. The number of hydrogen-bond donors (Lipinski definition) is 1. The van der Waals surface area contributed by atoms with Gasteiger partial charge in [-0.1, -0.05) is 6.92 Å². The second kappa shape index (κ2) is 5.95. The van der Waals surface area contributed by atoms with E-state index in [1.807, 2.05) is 20.8 Å². The second-order valence-electron chi connectivity index (χ2n) is 3.80. The third-order valence-electron chi connectivity index (χ3n) is 1.59. The molecular weight excluding hydrogens is 164 g/mol. The molecule has 0 aliphatic heterocycles. The highest BCUT2D eigenvalue weighted by atomic mass is 16.5. The van der Waals surface area contributed by atoms with Crippen LogP contribution in [0.2, 0.25) is 0 Å². The van der Waals surface area contributed by atoms with Crippen LogP contribution in [0.1, 0.15) is 34.1 Å². The van der Waals surface area contributed by atoms with Crippen LogP contribution in [0.3, 0.4) is 0 Å². The van der Waals surface area contributed by atoms with Gasteiger partial charge < -0.3 is 4.74 Å². The van der Waals surface area contributed by atoms with Crippen LogP contribution >= 0.6 is 0 Å². The van der Waals surface area contributed by atoms with E-state index in [0.717, 1.165) is 13.0 Å². The Kier molecular flexibility index (Phi) is 5.68. The molecule has 0 aromatic rings. The van der Waals surface area contributed by atoms with Crippen molar-refractivity contribution in [2.75, 3.05) is 13.2 Å². The molecule has 0 aliphatic carbocycles. The van der Waals surface area contributed by atoms with Crippen molar-refractivity contribution in [2.45, 2.75) is 45.7 Å². The summed E-state index contributed by atoms with van der Waals surface area (Å²) in [6.45, 7) is 9.14. The molecule has 0 heterocycles. The zero-order valence-electron chi connectivity index (χ0n) is 9.05. The van der Waals surface area contributed by atoms with E-state index in [1.54, 1.807) is 0 Å². The van der Waals surface area contributed by atoms with E-state index in [1.165, 1.54) is 0 Å². The van der Waals surface area contributed by atoms with Gasteiger partial charge in [-0.25, -0.2) is 0 Å². The monoisotopic (exact) mass is 184 g/mol. The lowest BCUT2D eigenvalue weighted by atomic mass is 10.1. The van der Waals surface area contributed by atoms with Gasteiger partial charge in [0, 0.05) is 12.6 Å². The van der Waals surface area contributed by atoms with Gasteiger partial charge in [0.05, 0.1) is 12.7 Å². The molecule has 0 spiro atoms. The Morgan fingerprint density at radius 3 is 2.54 bits per heavy atom. The zero-order valence-corrected chi connectivity index (χ0v) is 9.05. The van der Waals surface area contributed by atoms with Gasteiger partial charge in [0.2, 0.25) is 0 Å². The van der Waals surface area contributed by atoms with E-state index in [4.69, 9.17) is 10.00 Å². The zero-order chi connectivity index (χ0) is 10.3. The summed E-state index contributed by atoms with van der Waals surface area (Å²) in [5.74, 6) is 0. The maximum absolute atomic E-state index is 8.94. The highest BCUT2D eigenvalue weighted by molar-refractivity contribution is 5.04. The van der Waals surface area contributed by atoms with Crippen molar-refractivity contribution in [1.29, 1.82) is 5.26 Å². The molecule has 0 aromatic carbocycles. The van der Waals surface area contributed by atoms with E-state index in [0.29, 0.717) is 12.6 Å². The van der Waals surface area contributed by atoms with Crippen molar-refractivity contribution in [1.82, 2.24) is 5.32 Å². The minimum Gasteiger partial charge on any atom is -0.378 e. The lowest BCUT2D eigenvalue weighted by Gasteiger charge is -2.25. The van der Waals surface area contributed by atoms with Crippen molar-refractivity contribution >= 4 is 0 Å². The predicted octanol–water partition coefficient (Wildman–Crippen LogP) is 1.69. The first-order valence-electron chi connectivity index (χ1n) is 4.80. The van der Waals surface area contributed by atoms with Crippen LogP contribution in [0.4, 0.5) is 0 Å². The Bertz CT molecular complexity index is 174. The van der Waals surface area contributed by atoms with Crippen LogP contribution in [0.25, 0.3) is 0 Å². The van der Waals surface area contributed by atoms with Gasteiger partial charge in [0.1, 0.15) is 5.54 Å². The molecule has 76 valence electrons. The SMILES string of the molecule is CCCOCC(C)(C#N)NC(C)C. The smallest absolute Gasteiger partial charge is 0.127 e. The molecule has 0 saturated carbocycles. The minimum atomic E-state index is -0.552. The van der Waals surface area contributed by atoms with E-state index in [9.17, 15) is 0 Å². The molecule has 0 bridgehead atoms. The molecule has 1 unspecified atom stereocenters. The van der Waals surface area contributed by atoms with Gasteiger partial charge in [-0.3, -0.25) is 5.32 Å². The van der Waals surface area contributed by atoms with E-state index < -0.39 is 5.54 Å². The van der Waals surface area contributed by atoms with Crippen molar-refractivity contribution in [3.8, 4) is 6.07 Å². The molecule has 0 aliphatic rings. The maximum Gasteiger partial charge on any atom is 0.127 e. The molecule has 0 fully saturated rings. The van der Waals surface area contributed by atoms with Gasteiger partial charge in [-0.2, -0.15) is 5.26 Å². The van der Waals surface area contributed by atoms with Gasteiger partial charge in [-0.05, 0) is 27.2 Å². The van der Waals surface area contributed by atoms with Crippen molar-refractivity contribution in [2.24, 2.45) is 0 Å². The Balaban J connectivity index is 3.91. The predicted molar refractivity (Wildman–Crippen MR) is 53.4 cm³/mol. The summed E-state index contributed by atoms with van der Waals surface area (Å²) in [6.07, 6.45) is 0.989. The van der Waals surface area contributed by atoms with Gasteiger partial charge >= 0.3 is 0 Å². The number of rotatable bonds is 6. The van der Waals surface area contributed by atoms with E-state index >= 15 is 0 Å². The van der Waals surface area contributed by atoms with E-state index in [2.05, 4.69) is 18.3 Å². The van der Waals surface area contributed by atoms with Crippen LogP contribution in [-0.4, -0.2) is 24.8 Å². The lowest BCUT2D eigenvalue weighted by molar-refractivity contribution is 0.0928. The molecule has 3 heteroatoms. The van der Waals surface area contributed by atoms with E-state index in [-0.39, 0.29) is 0 Å². The van der Waals surface area contributed by atoms with Crippen LogP contribution in [-0.2, 0) is 4.74 Å².